The van der Waals surface area contributed by atoms with Crippen molar-refractivity contribution in [2.45, 2.75) is 13.5 Å². The molecule has 0 amide bonds. The molecule has 2 saturated heterocycles. The summed E-state index contributed by atoms with van der Waals surface area (Å²) in [5, 5.41) is 13.4. The fourth-order valence-corrected chi connectivity index (χ4v) is 6.26. The number of hydrogen-bond donors (Lipinski definition) is 2. The molecule has 1 aromatic carbocycles. The van der Waals surface area contributed by atoms with Crippen LogP contribution in [0, 0.1) is 6.92 Å². The molecular weight excluding hydrogens is 552 g/mol. The smallest absolute Gasteiger partial charge is 0.229 e. The van der Waals surface area contributed by atoms with Crippen molar-refractivity contribution in [1.82, 2.24) is 30.0 Å². The molecule has 2 N–H and O–H groups in total. The van der Waals surface area contributed by atoms with Gasteiger partial charge in [0.1, 0.15) is 4.70 Å². The van der Waals surface area contributed by atoms with Gasteiger partial charge < -0.3 is 24.7 Å². The Morgan fingerprint density at radius 2 is 1.88 bits per heavy atom. The normalized spacial score (nSPS) is 16.3. The third kappa shape index (κ3) is 5.53. The van der Waals surface area contributed by atoms with E-state index in [-0.39, 0.29) is 5.43 Å². The van der Waals surface area contributed by atoms with Crippen LogP contribution in [-0.2, 0) is 11.3 Å². The van der Waals surface area contributed by atoms with Gasteiger partial charge in [0.15, 0.2) is 17.3 Å². The average molecular weight is 585 g/mol. The first kappa shape index (κ1) is 26.8. The zero-order valence-corrected chi connectivity index (χ0v) is 24.2. The molecule has 5 aromatic rings. The number of nitrogens with zero attached hydrogens (tertiary/aromatic N) is 6. The summed E-state index contributed by atoms with van der Waals surface area (Å²) in [4.78, 5) is 26.5. The summed E-state index contributed by atoms with van der Waals surface area (Å²) in [5.41, 5.74) is 5.53. The van der Waals surface area contributed by atoms with Crippen molar-refractivity contribution in [1.29, 1.82) is 0 Å². The van der Waals surface area contributed by atoms with E-state index < -0.39 is 0 Å². The first-order valence-electron chi connectivity index (χ1n) is 14.2. The maximum Gasteiger partial charge on any atom is 0.229 e. The van der Waals surface area contributed by atoms with E-state index in [0.29, 0.717) is 54.2 Å². The van der Waals surface area contributed by atoms with E-state index in [2.05, 4.69) is 31.6 Å². The molecule has 12 heteroatoms. The van der Waals surface area contributed by atoms with Crippen LogP contribution in [-0.4, -0.2) is 77.1 Å². The maximum absolute atomic E-state index is 12.8. The molecule has 42 heavy (non-hydrogen) atoms. The van der Waals surface area contributed by atoms with Crippen molar-refractivity contribution < 1.29 is 9.15 Å². The van der Waals surface area contributed by atoms with Crippen molar-refractivity contribution in [2.75, 3.05) is 62.7 Å². The molecule has 7 rings (SSSR count). The van der Waals surface area contributed by atoms with E-state index in [1.54, 1.807) is 12.3 Å². The van der Waals surface area contributed by atoms with Gasteiger partial charge in [0.25, 0.3) is 0 Å². The number of thiophene rings is 1. The van der Waals surface area contributed by atoms with Crippen LogP contribution in [0.3, 0.4) is 0 Å². The standard InChI is InChI=1S/C30H32N8O3S/c1-20-22(17-36-10-8-31-9-11-36)18-38(35-20)26-6-7-32-30(34-26)33-23-4-2-21(3-5-23)24-19-42-29-25(39)16-27(41-28(24)29)37-12-14-40-15-13-37/h2-7,16,18-19,31H,8-15,17H2,1H3,(H,32,33,34). The zero-order chi connectivity index (χ0) is 28.5. The number of anilines is 3. The Morgan fingerprint density at radius 1 is 1.07 bits per heavy atom. The molecule has 0 atom stereocenters. The monoisotopic (exact) mass is 584 g/mol. The van der Waals surface area contributed by atoms with Crippen LogP contribution in [0.25, 0.3) is 27.2 Å². The lowest BCUT2D eigenvalue weighted by atomic mass is 10.1. The number of nitrogens with one attached hydrogen (secondary N) is 2. The summed E-state index contributed by atoms with van der Waals surface area (Å²) in [6, 6.07) is 11.4. The van der Waals surface area contributed by atoms with Gasteiger partial charge in [-0.3, -0.25) is 9.69 Å². The van der Waals surface area contributed by atoms with Gasteiger partial charge in [-0.1, -0.05) is 12.1 Å². The lowest BCUT2D eigenvalue weighted by Crippen LogP contribution is -2.42. The Kier molecular flexibility index (Phi) is 7.43. The highest BCUT2D eigenvalue weighted by atomic mass is 32.1. The second-order valence-electron chi connectivity index (χ2n) is 10.5. The number of aryl methyl sites for hydroxylation is 1. The molecule has 0 radical (unpaired) electrons. The molecule has 0 unspecified atom stereocenters. The average Bonchev–Trinajstić information content (AvgIpc) is 3.62. The fourth-order valence-electron chi connectivity index (χ4n) is 5.35. The first-order chi connectivity index (χ1) is 20.6. The second-order valence-corrected chi connectivity index (χ2v) is 11.4. The summed E-state index contributed by atoms with van der Waals surface area (Å²) in [6.45, 7) is 9.70. The van der Waals surface area contributed by atoms with Gasteiger partial charge in [-0.25, -0.2) is 9.67 Å². The molecule has 0 bridgehead atoms. The molecule has 0 saturated carbocycles. The number of rotatable bonds is 7. The SMILES string of the molecule is Cc1nn(-c2ccnc(Nc3ccc(-c4csc5c(=O)cc(N6CCOCC6)oc45)cc3)n2)cc1CN1CCNCC1. The Morgan fingerprint density at radius 3 is 2.69 bits per heavy atom. The van der Waals surface area contributed by atoms with Crippen molar-refractivity contribution in [3.63, 3.8) is 0 Å². The van der Waals surface area contributed by atoms with Crippen LogP contribution in [0.4, 0.5) is 17.5 Å². The third-order valence-electron chi connectivity index (χ3n) is 7.69. The molecule has 0 aliphatic carbocycles. The molecule has 11 nitrogen and oxygen atoms in total. The van der Waals surface area contributed by atoms with Gasteiger partial charge >= 0.3 is 0 Å². The van der Waals surface area contributed by atoms with Gasteiger partial charge in [0.2, 0.25) is 11.4 Å². The molecule has 0 spiro atoms. The van der Waals surface area contributed by atoms with Crippen LogP contribution in [0.15, 0.2) is 63.4 Å². The summed E-state index contributed by atoms with van der Waals surface area (Å²) < 4.78 is 14.2. The minimum Gasteiger partial charge on any atom is -0.439 e. The van der Waals surface area contributed by atoms with Crippen LogP contribution < -0.4 is 21.0 Å². The minimum absolute atomic E-state index is 0.0207. The van der Waals surface area contributed by atoms with Crippen molar-refractivity contribution >= 4 is 39.1 Å². The Bertz CT molecular complexity index is 1750. The first-order valence-corrected chi connectivity index (χ1v) is 15.1. The molecule has 2 aliphatic heterocycles. The van der Waals surface area contributed by atoms with Crippen LogP contribution in [0.1, 0.15) is 11.3 Å². The van der Waals surface area contributed by atoms with Crippen molar-refractivity contribution in [3.05, 3.63) is 75.7 Å². The largest absolute Gasteiger partial charge is 0.439 e. The predicted molar refractivity (Wildman–Crippen MR) is 164 cm³/mol. The van der Waals surface area contributed by atoms with Crippen LogP contribution >= 0.6 is 11.3 Å². The van der Waals surface area contributed by atoms with Gasteiger partial charge in [0, 0.05) is 92.5 Å². The molecule has 4 aromatic heterocycles. The molecular formula is C30H32N8O3S. The highest BCUT2D eigenvalue weighted by molar-refractivity contribution is 7.17. The highest BCUT2D eigenvalue weighted by Gasteiger charge is 2.19. The Hall–Kier alpha value is -4.10. The Labute approximate surface area is 246 Å². The molecule has 216 valence electrons. The van der Waals surface area contributed by atoms with E-state index in [4.69, 9.17) is 19.2 Å². The van der Waals surface area contributed by atoms with E-state index in [1.165, 1.54) is 16.9 Å². The van der Waals surface area contributed by atoms with Crippen molar-refractivity contribution in [3.8, 4) is 16.9 Å². The summed E-state index contributed by atoms with van der Waals surface area (Å²) >= 11 is 1.41. The number of morpholine rings is 1. The fraction of sp³-hybridized carbons (Fsp3) is 0.333. The number of benzene rings is 1. The topological polar surface area (TPSA) is 114 Å². The number of fused-ring (bicyclic) bond motifs is 1. The summed E-state index contributed by atoms with van der Waals surface area (Å²) in [7, 11) is 0. The summed E-state index contributed by atoms with van der Waals surface area (Å²) in [6.07, 6.45) is 3.80. The molecule has 2 aliphatic rings. The van der Waals surface area contributed by atoms with Gasteiger partial charge in [0.05, 0.1) is 18.9 Å². The number of aromatic nitrogens is 4. The minimum atomic E-state index is -0.0207. The number of ether oxygens (including phenoxy) is 1. The van der Waals surface area contributed by atoms with E-state index >= 15 is 0 Å². The van der Waals surface area contributed by atoms with Crippen LogP contribution in [0.5, 0.6) is 0 Å². The van der Waals surface area contributed by atoms with Crippen molar-refractivity contribution in [2.24, 2.45) is 0 Å². The lowest BCUT2D eigenvalue weighted by molar-refractivity contribution is 0.121. The Balaban J connectivity index is 1.08. The quantitative estimate of drug-likeness (QED) is 0.293. The van der Waals surface area contributed by atoms with Crippen LogP contribution in [0.2, 0.25) is 0 Å². The second kappa shape index (κ2) is 11.6. The van der Waals surface area contributed by atoms with E-state index in [1.807, 2.05) is 47.3 Å². The lowest BCUT2D eigenvalue weighted by Gasteiger charge is -2.27. The highest BCUT2D eigenvalue weighted by Crippen LogP contribution is 2.35. The van der Waals surface area contributed by atoms with Gasteiger partial charge in [-0.2, -0.15) is 10.1 Å². The third-order valence-corrected chi connectivity index (χ3v) is 8.66. The number of hydrogen-bond acceptors (Lipinski definition) is 11. The maximum atomic E-state index is 12.8. The molecule has 2 fully saturated rings. The zero-order valence-electron chi connectivity index (χ0n) is 23.4. The predicted octanol–water partition coefficient (Wildman–Crippen LogP) is 3.79. The van der Waals surface area contributed by atoms with E-state index in [9.17, 15) is 4.79 Å². The number of piperazine rings is 1. The van der Waals surface area contributed by atoms with E-state index in [0.717, 1.165) is 55.2 Å². The summed E-state index contributed by atoms with van der Waals surface area (Å²) in [5.74, 6) is 1.78. The molecule has 6 heterocycles. The van der Waals surface area contributed by atoms with Gasteiger partial charge in [-0.05, 0) is 24.6 Å². The van der Waals surface area contributed by atoms with Gasteiger partial charge in [-0.15, -0.1) is 11.3 Å².